The van der Waals surface area contributed by atoms with Crippen molar-refractivity contribution < 1.29 is 9.26 Å². The number of benzene rings is 2. The van der Waals surface area contributed by atoms with E-state index in [-0.39, 0.29) is 6.10 Å². The van der Waals surface area contributed by atoms with Crippen LogP contribution < -0.4 is 10.1 Å². The van der Waals surface area contributed by atoms with Crippen molar-refractivity contribution in [3.05, 3.63) is 58.9 Å². The van der Waals surface area contributed by atoms with Crippen molar-refractivity contribution in [2.24, 2.45) is 0 Å². The van der Waals surface area contributed by atoms with Crippen LogP contribution in [0.4, 0.5) is 5.69 Å². The van der Waals surface area contributed by atoms with Crippen molar-refractivity contribution in [3.8, 4) is 28.6 Å². The normalized spacial score (nSPS) is 12.8. The van der Waals surface area contributed by atoms with Crippen LogP contribution in [0.25, 0.3) is 27.7 Å². The van der Waals surface area contributed by atoms with Crippen molar-refractivity contribution in [2.75, 3.05) is 0 Å². The van der Waals surface area contributed by atoms with E-state index in [2.05, 4.69) is 26.4 Å². The highest BCUT2D eigenvalue weighted by atomic mass is 16.5. The van der Waals surface area contributed by atoms with Crippen molar-refractivity contribution in [3.63, 3.8) is 0 Å². The molecule has 0 unspecified atom stereocenters. The Hall–Kier alpha value is -3.17. The Kier molecular flexibility index (Phi) is 4.15. The Labute approximate surface area is 151 Å². The number of nitrogens with one attached hydrogen (secondary N) is 1. The molecule has 1 aromatic heterocycles. The van der Waals surface area contributed by atoms with Crippen LogP contribution in [0.15, 0.2) is 40.9 Å². The van der Waals surface area contributed by atoms with Gasteiger partial charge in [0, 0.05) is 24.2 Å². The lowest BCUT2D eigenvalue weighted by Gasteiger charge is -2.11. The van der Waals surface area contributed by atoms with Crippen LogP contribution in [0, 0.1) is 6.57 Å². The highest BCUT2D eigenvalue weighted by Gasteiger charge is 2.19. The monoisotopic (exact) mass is 346 g/mol. The number of fused-ring (bicyclic) bond motifs is 1. The quantitative estimate of drug-likeness (QED) is 0.712. The van der Waals surface area contributed by atoms with E-state index in [9.17, 15) is 0 Å². The van der Waals surface area contributed by atoms with E-state index in [1.807, 2.05) is 32.0 Å². The molecular weight excluding hydrogens is 328 g/mol. The van der Waals surface area contributed by atoms with Gasteiger partial charge in [-0.2, -0.15) is 4.98 Å². The molecule has 6 nitrogen and oxygen atoms in total. The Balaban J connectivity index is 1.69. The van der Waals surface area contributed by atoms with Crippen LogP contribution in [0.5, 0.6) is 5.75 Å². The summed E-state index contributed by atoms with van der Waals surface area (Å²) in [7, 11) is 0. The Morgan fingerprint density at radius 1 is 1.23 bits per heavy atom. The van der Waals surface area contributed by atoms with E-state index in [1.165, 1.54) is 11.1 Å². The van der Waals surface area contributed by atoms with E-state index in [0.717, 1.165) is 18.7 Å². The molecule has 6 heteroatoms. The molecule has 26 heavy (non-hydrogen) atoms. The highest BCUT2D eigenvalue weighted by Crippen LogP contribution is 2.34. The van der Waals surface area contributed by atoms with Crippen molar-refractivity contribution in [1.82, 2.24) is 15.5 Å². The summed E-state index contributed by atoms with van der Waals surface area (Å²) in [5.41, 5.74) is 4.59. The van der Waals surface area contributed by atoms with Gasteiger partial charge in [-0.05, 0) is 43.2 Å². The topological polar surface area (TPSA) is 64.5 Å². The predicted molar refractivity (Wildman–Crippen MR) is 97.7 cm³/mol. The van der Waals surface area contributed by atoms with Gasteiger partial charge in [0.15, 0.2) is 0 Å². The first-order valence-corrected chi connectivity index (χ1v) is 8.50. The molecule has 2 heterocycles. The zero-order valence-corrected chi connectivity index (χ0v) is 14.6. The maximum atomic E-state index is 7.38. The molecule has 3 aromatic rings. The minimum atomic E-state index is 0.00476. The summed E-state index contributed by atoms with van der Waals surface area (Å²) in [5, 5.41) is 7.48. The third-order valence-corrected chi connectivity index (χ3v) is 4.25. The molecule has 4 rings (SSSR count). The SMILES string of the molecule is [C-]#[N+]c1cc(-c2nc(-c3cccc4c3CNC4)no2)ccc1OC(C)C. The first kappa shape index (κ1) is 16.3. The molecule has 0 amide bonds. The standard InChI is InChI=1S/C20H18N4O2/c1-12(2)25-18-8-7-13(9-17(18)21-3)20-23-19(24-26-20)15-6-4-5-14-10-22-11-16(14)15/h4-9,12,22H,10-11H2,1-2H3. The maximum absolute atomic E-state index is 7.38. The van der Waals surface area contributed by atoms with Crippen LogP contribution in [-0.4, -0.2) is 16.2 Å². The number of nitrogens with zero attached hydrogens (tertiary/aromatic N) is 3. The average Bonchev–Trinajstić information content (AvgIpc) is 3.30. The lowest BCUT2D eigenvalue weighted by Crippen LogP contribution is -2.05. The fraction of sp³-hybridized carbons (Fsp3) is 0.250. The molecule has 0 saturated carbocycles. The van der Waals surface area contributed by atoms with E-state index in [1.54, 1.807) is 12.1 Å². The second-order valence-corrected chi connectivity index (χ2v) is 6.43. The molecule has 0 saturated heterocycles. The number of hydrogen-bond donors (Lipinski definition) is 1. The van der Waals surface area contributed by atoms with E-state index < -0.39 is 0 Å². The molecule has 130 valence electrons. The largest absolute Gasteiger partial charge is 0.502 e. The van der Waals surface area contributed by atoms with E-state index in [4.69, 9.17) is 15.8 Å². The second-order valence-electron chi connectivity index (χ2n) is 6.43. The molecule has 0 atom stereocenters. The van der Waals surface area contributed by atoms with Crippen molar-refractivity contribution in [2.45, 2.75) is 33.0 Å². The van der Waals surface area contributed by atoms with Gasteiger partial charge >= 0.3 is 0 Å². The van der Waals surface area contributed by atoms with Gasteiger partial charge in [-0.25, -0.2) is 4.85 Å². The minimum absolute atomic E-state index is 0.00476. The Morgan fingerprint density at radius 3 is 2.92 bits per heavy atom. The molecule has 0 aliphatic carbocycles. The van der Waals surface area contributed by atoms with Gasteiger partial charge < -0.3 is 14.6 Å². The number of rotatable bonds is 4. The number of hydrogen-bond acceptors (Lipinski definition) is 5. The third kappa shape index (κ3) is 2.93. The molecule has 1 aliphatic rings. The molecule has 0 spiro atoms. The summed E-state index contributed by atoms with van der Waals surface area (Å²) in [4.78, 5) is 8.09. The van der Waals surface area contributed by atoms with Crippen LogP contribution in [0.1, 0.15) is 25.0 Å². The highest BCUT2D eigenvalue weighted by molar-refractivity contribution is 5.70. The Bertz CT molecular complexity index is 1000. The molecule has 2 aromatic carbocycles. The lowest BCUT2D eigenvalue weighted by molar-refractivity contribution is 0.244. The molecule has 0 radical (unpaired) electrons. The average molecular weight is 346 g/mol. The van der Waals surface area contributed by atoms with Gasteiger partial charge in [-0.1, -0.05) is 23.4 Å². The number of aromatic nitrogens is 2. The molecule has 1 aliphatic heterocycles. The molecule has 0 bridgehead atoms. The summed E-state index contributed by atoms with van der Waals surface area (Å²) in [6.45, 7) is 12.9. The smallest absolute Gasteiger partial charge is 0.256 e. The maximum Gasteiger partial charge on any atom is 0.256 e. The van der Waals surface area contributed by atoms with Crippen LogP contribution >= 0.6 is 0 Å². The third-order valence-electron chi connectivity index (χ3n) is 4.25. The summed E-state index contributed by atoms with van der Waals surface area (Å²) in [5.74, 6) is 1.52. The van der Waals surface area contributed by atoms with Gasteiger partial charge in [0.05, 0.1) is 12.7 Å². The minimum Gasteiger partial charge on any atom is -0.502 e. The van der Waals surface area contributed by atoms with Crippen LogP contribution in [0.2, 0.25) is 0 Å². The van der Waals surface area contributed by atoms with Crippen LogP contribution in [0.3, 0.4) is 0 Å². The molecule has 0 fully saturated rings. The summed E-state index contributed by atoms with van der Waals surface area (Å²) in [6.07, 6.45) is 0.00476. The second kappa shape index (κ2) is 6.62. The molecular formula is C20H18N4O2. The zero-order chi connectivity index (χ0) is 18.1. The van der Waals surface area contributed by atoms with Crippen LogP contribution in [-0.2, 0) is 13.1 Å². The predicted octanol–water partition coefficient (Wildman–Crippen LogP) is 4.34. The van der Waals surface area contributed by atoms with Gasteiger partial charge in [-0.15, -0.1) is 0 Å². The van der Waals surface area contributed by atoms with Gasteiger partial charge in [0.25, 0.3) is 5.89 Å². The van der Waals surface area contributed by atoms with Gasteiger partial charge in [0.2, 0.25) is 11.5 Å². The van der Waals surface area contributed by atoms with Gasteiger partial charge in [-0.3, -0.25) is 0 Å². The summed E-state index contributed by atoms with van der Waals surface area (Å²) < 4.78 is 11.1. The van der Waals surface area contributed by atoms with Crippen molar-refractivity contribution in [1.29, 1.82) is 0 Å². The lowest BCUT2D eigenvalue weighted by atomic mass is 10.0. The zero-order valence-electron chi connectivity index (χ0n) is 14.6. The molecule has 1 N–H and O–H groups in total. The first-order chi connectivity index (χ1) is 12.7. The first-order valence-electron chi connectivity index (χ1n) is 8.50. The van der Waals surface area contributed by atoms with Gasteiger partial charge in [0.1, 0.15) is 5.75 Å². The van der Waals surface area contributed by atoms with Crippen molar-refractivity contribution >= 4 is 5.69 Å². The van der Waals surface area contributed by atoms with E-state index in [0.29, 0.717) is 28.7 Å². The fourth-order valence-electron chi connectivity index (χ4n) is 3.08. The summed E-state index contributed by atoms with van der Waals surface area (Å²) >= 11 is 0. The fourth-order valence-corrected chi connectivity index (χ4v) is 3.08. The number of ether oxygens (including phenoxy) is 1. The Morgan fingerprint density at radius 2 is 2.12 bits per heavy atom. The van der Waals surface area contributed by atoms with E-state index >= 15 is 0 Å². The summed E-state index contributed by atoms with van der Waals surface area (Å²) in [6, 6.07) is 11.4.